The molecule has 34 heavy (non-hydrogen) atoms. The molecule has 1 unspecified atom stereocenters. The van der Waals surface area contributed by atoms with Crippen molar-refractivity contribution in [2.45, 2.75) is 85.5 Å². The minimum Gasteiger partial charge on any atom is -0.394 e. The highest BCUT2D eigenvalue weighted by Crippen LogP contribution is 2.32. The Labute approximate surface area is 192 Å². The van der Waals surface area contributed by atoms with Crippen LogP contribution in [0.5, 0.6) is 0 Å². The maximum atomic E-state index is 10.5. The highest BCUT2D eigenvalue weighted by molar-refractivity contribution is 4.97. The van der Waals surface area contributed by atoms with E-state index in [-0.39, 0.29) is 0 Å². The summed E-state index contributed by atoms with van der Waals surface area (Å²) in [5.41, 5.74) is 0. The van der Waals surface area contributed by atoms with Crippen molar-refractivity contribution < 1.29 is 79.9 Å². The van der Waals surface area contributed by atoms with Crippen LogP contribution in [-0.4, -0.2) is 168 Å². The normalized spacial score (nSPS) is 52.1. The molecule has 0 bridgehead atoms. The predicted molar refractivity (Wildman–Crippen MR) is 101 cm³/mol. The van der Waals surface area contributed by atoms with E-state index in [0.717, 1.165) is 0 Å². The van der Waals surface area contributed by atoms with Crippen LogP contribution in [0.2, 0.25) is 0 Å². The van der Waals surface area contributed by atoms with E-state index in [9.17, 15) is 51.1 Å². The van der Waals surface area contributed by atoms with E-state index in [1.165, 1.54) is 0 Å². The maximum absolute atomic E-state index is 10.5. The number of hydrogen-bond donors (Lipinski definition) is 11. The van der Waals surface area contributed by atoms with Crippen LogP contribution in [0, 0.1) is 0 Å². The lowest BCUT2D eigenvalue weighted by Gasteiger charge is -2.46. The van der Waals surface area contributed by atoms with Gasteiger partial charge in [0.25, 0.3) is 0 Å². The summed E-state index contributed by atoms with van der Waals surface area (Å²) in [6.45, 7) is -3.11. The lowest BCUT2D eigenvalue weighted by atomic mass is 9.97. The van der Waals surface area contributed by atoms with Crippen molar-refractivity contribution in [3.8, 4) is 0 Å². The van der Waals surface area contributed by atoms with Crippen LogP contribution in [0.4, 0.5) is 0 Å². The molecule has 11 N–H and O–H groups in total. The maximum Gasteiger partial charge on any atom is 0.219 e. The minimum atomic E-state index is -2.43. The number of aliphatic hydroxyl groups excluding tert-OH is 10. The lowest BCUT2D eigenvalue weighted by Crippen LogP contribution is -2.64. The Balaban J connectivity index is 1.63. The fourth-order valence-corrected chi connectivity index (χ4v) is 4.02. The monoisotopic (exact) mass is 504 g/mol. The average molecular weight is 504 g/mol. The molecule has 0 radical (unpaired) electrons. The smallest absolute Gasteiger partial charge is 0.219 e. The summed E-state index contributed by atoms with van der Waals surface area (Å²) < 4.78 is 26.3. The van der Waals surface area contributed by atoms with Gasteiger partial charge in [-0.1, -0.05) is 0 Å². The van der Waals surface area contributed by atoms with Gasteiger partial charge in [0.2, 0.25) is 5.79 Å². The van der Waals surface area contributed by atoms with Gasteiger partial charge in [0.15, 0.2) is 12.6 Å². The number of ether oxygens (including phenoxy) is 5. The van der Waals surface area contributed by atoms with Crippen LogP contribution >= 0.6 is 0 Å². The van der Waals surface area contributed by atoms with E-state index in [1.807, 2.05) is 0 Å². The molecule has 0 saturated carbocycles. The molecule has 0 aromatic rings. The van der Waals surface area contributed by atoms with Crippen LogP contribution in [0.1, 0.15) is 0 Å². The molecule has 0 aliphatic carbocycles. The molecule has 14 atom stereocenters. The number of aliphatic hydroxyl groups is 11. The second-order valence-electron chi connectivity index (χ2n) is 8.43. The quantitative estimate of drug-likeness (QED) is 0.146. The van der Waals surface area contributed by atoms with Gasteiger partial charge in [-0.15, -0.1) is 0 Å². The largest absolute Gasteiger partial charge is 0.394 e. The highest BCUT2D eigenvalue weighted by Gasteiger charge is 2.54. The second-order valence-corrected chi connectivity index (χ2v) is 8.43. The predicted octanol–water partition coefficient (Wildman–Crippen LogP) is -7.57. The molecule has 0 amide bonds. The van der Waals surface area contributed by atoms with Crippen molar-refractivity contribution in [1.29, 1.82) is 0 Å². The van der Waals surface area contributed by atoms with Crippen molar-refractivity contribution >= 4 is 0 Å². The average Bonchev–Trinajstić information content (AvgIpc) is 3.05. The first-order valence-electron chi connectivity index (χ1n) is 10.6. The van der Waals surface area contributed by atoms with Gasteiger partial charge in [0.05, 0.1) is 26.4 Å². The molecular formula is C18H32O16. The molecule has 3 saturated heterocycles. The van der Waals surface area contributed by atoms with Gasteiger partial charge in [-0.2, -0.15) is 0 Å². The fraction of sp³-hybridized carbons (Fsp3) is 1.00. The van der Waals surface area contributed by atoms with Crippen LogP contribution in [0.3, 0.4) is 0 Å². The Morgan fingerprint density at radius 1 is 0.647 bits per heavy atom. The standard InChI is InChI=1S/C18H32O16/c19-1-5-8(22)10(24)12(26)17(31-5)33-14-6(2-20)32-16(13(27)11(14)25)30-3-7-9(23)15(28)18(29,4-21)34-7/h5-17,19-29H,1-4H2/t5-,6-,7-,8+,9-,10+,11-,12-,13-,14+,15+,16-,17-,18?/m1/s1. The Kier molecular flexibility index (Phi) is 9.18. The molecule has 200 valence electrons. The van der Waals surface area contributed by atoms with Crippen LogP contribution in [-0.2, 0) is 23.7 Å². The van der Waals surface area contributed by atoms with Crippen molar-refractivity contribution in [2.75, 3.05) is 26.4 Å². The molecule has 3 aliphatic heterocycles. The molecule has 16 heteroatoms. The molecule has 0 aromatic carbocycles. The Morgan fingerprint density at radius 2 is 1.24 bits per heavy atom. The van der Waals surface area contributed by atoms with Crippen molar-refractivity contribution in [3.05, 3.63) is 0 Å². The molecule has 3 aliphatic rings. The van der Waals surface area contributed by atoms with Crippen molar-refractivity contribution in [2.24, 2.45) is 0 Å². The molecule has 3 rings (SSSR count). The third-order valence-corrected chi connectivity index (χ3v) is 6.13. The van der Waals surface area contributed by atoms with Crippen LogP contribution in [0.25, 0.3) is 0 Å². The van der Waals surface area contributed by atoms with Crippen molar-refractivity contribution in [1.82, 2.24) is 0 Å². The third-order valence-electron chi connectivity index (χ3n) is 6.13. The Bertz CT molecular complexity index is 651. The van der Waals surface area contributed by atoms with Gasteiger partial charge in [-0.3, -0.25) is 0 Å². The molecule has 3 heterocycles. The van der Waals surface area contributed by atoms with E-state index in [0.29, 0.717) is 0 Å². The molecule has 16 nitrogen and oxygen atoms in total. The zero-order chi connectivity index (χ0) is 25.4. The molecule has 0 spiro atoms. The first kappa shape index (κ1) is 27.9. The van der Waals surface area contributed by atoms with E-state index in [4.69, 9.17) is 28.8 Å². The van der Waals surface area contributed by atoms with Gasteiger partial charge in [0.1, 0.15) is 67.1 Å². The second kappa shape index (κ2) is 11.2. The first-order valence-corrected chi connectivity index (χ1v) is 10.6. The molecule has 0 aromatic heterocycles. The van der Waals surface area contributed by atoms with E-state index in [1.54, 1.807) is 0 Å². The topological polar surface area (TPSA) is 269 Å². The minimum absolute atomic E-state index is 0.578. The first-order chi connectivity index (χ1) is 16.0. The Hall–Kier alpha value is -0.640. The summed E-state index contributed by atoms with van der Waals surface area (Å²) in [6.07, 6.45) is -21.2. The van der Waals surface area contributed by atoms with Gasteiger partial charge in [0, 0.05) is 0 Å². The molecular weight excluding hydrogens is 472 g/mol. The van der Waals surface area contributed by atoms with Crippen molar-refractivity contribution in [3.63, 3.8) is 0 Å². The lowest BCUT2D eigenvalue weighted by molar-refractivity contribution is -0.361. The van der Waals surface area contributed by atoms with Gasteiger partial charge >= 0.3 is 0 Å². The van der Waals surface area contributed by atoms with E-state index < -0.39 is 112 Å². The van der Waals surface area contributed by atoms with Gasteiger partial charge < -0.3 is 79.9 Å². The van der Waals surface area contributed by atoms with Gasteiger partial charge in [-0.05, 0) is 0 Å². The van der Waals surface area contributed by atoms with E-state index >= 15 is 0 Å². The van der Waals surface area contributed by atoms with E-state index in [2.05, 4.69) is 0 Å². The number of hydrogen-bond acceptors (Lipinski definition) is 16. The zero-order valence-electron chi connectivity index (χ0n) is 17.8. The van der Waals surface area contributed by atoms with Crippen LogP contribution in [0.15, 0.2) is 0 Å². The third kappa shape index (κ3) is 5.23. The highest BCUT2D eigenvalue weighted by atomic mass is 16.7. The summed E-state index contributed by atoms with van der Waals surface area (Å²) in [7, 11) is 0. The number of rotatable bonds is 8. The zero-order valence-corrected chi connectivity index (χ0v) is 17.8. The summed E-state index contributed by atoms with van der Waals surface area (Å²) in [4.78, 5) is 0. The van der Waals surface area contributed by atoms with Gasteiger partial charge in [-0.25, -0.2) is 0 Å². The molecule has 3 fully saturated rings. The summed E-state index contributed by atoms with van der Waals surface area (Å²) in [6, 6.07) is 0. The summed E-state index contributed by atoms with van der Waals surface area (Å²) in [5.74, 6) is -2.43. The summed E-state index contributed by atoms with van der Waals surface area (Å²) in [5, 5.41) is 109. The Morgan fingerprint density at radius 3 is 1.79 bits per heavy atom. The SMILES string of the molecule is OC[C@H]1O[C@H](O[C@@H]2[C@H](O)[C@@H](O)[C@H](OC[C@H]3OC(O)(CO)[C@@H](O)[C@@H]3O)O[C@@H]2CO)[C@H](O)[C@@H](O)[C@H]1O. The fourth-order valence-electron chi connectivity index (χ4n) is 4.02. The summed E-state index contributed by atoms with van der Waals surface area (Å²) >= 11 is 0. The van der Waals surface area contributed by atoms with Crippen LogP contribution < -0.4 is 0 Å².